The normalized spacial score (nSPS) is 21.0. The average molecular weight is 340 g/mol. The van der Waals surface area contributed by atoms with Crippen LogP contribution < -0.4 is 5.32 Å². The summed E-state index contributed by atoms with van der Waals surface area (Å²) in [6, 6.07) is 2.10. The van der Waals surface area contributed by atoms with Crippen molar-refractivity contribution < 1.29 is 27.9 Å². The molecule has 1 fully saturated rings. The molecule has 0 radical (unpaired) electrons. The lowest BCUT2D eigenvalue weighted by molar-refractivity contribution is -0.157. The van der Waals surface area contributed by atoms with Crippen LogP contribution in [0.2, 0.25) is 0 Å². The second-order valence-corrected chi connectivity index (χ2v) is 6.66. The van der Waals surface area contributed by atoms with Crippen LogP contribution in [0.25, 0.3) is 0 Å². The van der Waals surface area contributed by atoms with Crippen LogP contribution in [0.3, 0.4) is 0 Å². The standard InChI is InChI=1S/C16H18F2N2O4/c1-15(2,3)24-12(21)8-20-13(22)16(4,19-14(20)23)9-5-6-10(17)11(18)7-9/h5-7H,8H2,1-4H3,(H,19,23). The molecule has 24 heavy (non-hydrogen) atoms. The summed E-state index contributed by atoms with van der Waals surface area (Å²) in [6.07, 6.45) is 0. The van der Waals surface area contributed by atoms with E-state index in [2.05, 4.69) is 5.32 Å². The topological polar surface area (TPSA) is 75.7 Å². The van der Waals surface area contributed by atoms with Gasteiger partial charge in [-0.15, -0.1) is 0 Å². The zero-order chi connectivity index (χ0) is 18.3. The van der Waals surface area contributed by atoms with E-state index in [-0.39, 0.29) is 5.56 Å². The molecular formula is C16H18F2N2O4. The zero-order valence-electron chi connectivity index (χ0n) is 13.8. The van der Waals surface area contributed by atoms with E-state index >= 15 is 0 Å². The summed E-state index contributed by atoms with van der Waals surface area (Å²) in [7, 11) is 0. The quantitative estimate of drug-likeness (QED) is 0.675. The number of benzene rings is 1. The lowest BCUT2D eigenvalue weighted by Gasteiger charge is -2.23. The molecule has 1 unspecified atom stereocenters. The summed E-state index contributed by atoms with van der Waals surface area (Å²) < 4.78 is 31.6. The van der Waals surface area contributed by atoms with Crippen molar-refractivity contribution in [2.75, 3.05) is 6.54 Å². The number of carbonyl (C=O) groups is 3. The van der Waals surface area contributed by atoms with E-state index in [9.17, 15) is 23.2 Å². The van der Waals surface area contributed by atoms with E-state index in [1.165, 1.54) is 13.0 Å². The Labute approximate surface area is 137 Å². The van der Waals surface area contributed by atoms with E-state index in [0.29, 0.717) is 4.90 Å². The molecule has 1 aromatic rings. The van der Waals surface area contributed by atoms with E-state index in [1.807, 2.05) is 0 Å². The minimum Gasteiger partial charge on any atom is -0.459 e. The maximum absolute atomic E-state index is 13.4. The van der Waals surface area contributed by atoms with Crippen LogP contribution in [-0.4, -0.2) is 35.0 Å². The summed E-state index contributed by atoms with van der Waals surface area (Å²) in [5.74, 6) is -3.70. The molecule has 1 aromatic carbocycles. The number of hydrogen-bond donors (Lipinski definition) is 1. The van der Waals surface area contributed by atoms with Gasteiger partial charge in [-0.2, -0.15) is 0 Å². The van der Waals surface area contributed by atoms with Gasteiger partial charge in [0.2, 0.25) is 0 Å². The Bertz CT molecular complexity index is 715. The third-order valence-corrected chi connectivity index (χ3v) is 3.48. The average Bonchev–Trinajstić information content (AvgIpc) is 2.64. The third-order valence-electron chi connectivity index (χ3n) is 3.48. The Hall–Kier alpha value is -2.51. The molecule has 1 heterocycles. The number of rotatable bonds is 3. The number of hydrogen-bond acceptors (Lipinski definition) is 4. The predicted octanol–water partition coefficient (Wildman–Crippen LogP) is 2.07. The first-order valence-corrected chi connectivity index (χ1v) is 7.25. The number of imide groups is 1. The van der Waals surface area contributed by atoms with Crippen LogP contribution >= 0.6 is 0 Å². The second kappa shape index (κ2) is 5.85. The summed E-state index contributed by atoms with van der Waals surface area (Å²) in [6.45, 7) is 5.75. The minimum absolute atomic E-state index is 0.0754. The first-order valence-electron chi connectivity index (χ1n) is 7.25. The summed E-state index contributed by atoms with van der Waals surface area (Å²) in [5, 5.41) is 2.40. The molecule has 2 rings (SSSR count). The molecular weight excluding hydrogens is 322 g/mol. The van der Waals surface area contributed by atoms with Crippen LogP contribution in [0.1, 0.15) is 33.3 Å². The molecule has 3 amide bonds. The number of nitrogens with one attached hydrogen (secondary N) is 1. The van der Waals surface area contributed by atoms with Gasteiger partial charge < -0.3 is 10.1 Å². The van der Waals surface area contributed by atoms with Gasteiger partial charge in [0.25, 0.3) is 5.91 Å². The van der Waals surface area contributed by atoms with Crippen LogP contribution in [-0.2, 0) is 19.9 Å². The van der Waals surface area contributed by atoms with Crippen molar-refractivity contribution in [3.05, 3.63) is 35.4 Å². The third kappa shape index (κ3) is 3.37. The number of ether oxygens (including phenoxy) is 1. The van der Waals surface area contributed by atoms with Crippen molar-refractivity contribution in [2.24, 2.45) is 0 Å². The highest BCUT2D eigenvalue weighted by Gasteiger charge is 2.50. The molecule has 130 valence electrons. The maximum Gasteiger partial charge on any atom is 0.326 e. The van der Waals surface area contributed by atoms with E-state index in [0.717, 1.165) is 12.1 Å². The van der Waals surface area contributed by atoms with Gasteiger partial charge in [0.05, 0.1) is 0 Å². The smallest absolute Gasteiger partial charge is 0.326 e. The minimum atomic E-state index is -1.59. The van der Waals surface area contributed by atoms with Crippen LogP contribution in [0.15, 0.2) is 18.2 Å². The van der Waals surface area contributed by atoms with Gasteiger partial charge in [0, 0.05) is 0 Å². The fraction of sp³-hybridized carbons (Fsp3) is 0.438. The largest absolute Gasteiger partial charge is 0.459 e. The molecule has 0 aromatic heterocycles. The monoisotopic (exact) mass is 340 g/mol. The summed E-state index contributed by atoms with van der Waals surface area (Å²) in [5.41, 5.74) is -2.28. The number of amides is 3. The first-order chi connectivity index (χ1) is 10.9. The molecule has 1 saturated heterocycles. The molecule has 1 N–H and O–H groups in total. The van der Waals surface area contributed by atoms with Gasteiger partial charge in [-0.25, -0.2) is 13.6 Å². The number of nitrogens with zero attached hydrogens (tertiary/aromatic N) is 1. The van der Waals surface area contributed by atoms with Crippen molar-refractivity contribution in [1.29, 1.82) is 0 Å². The van der Waals surface area contributed by atoms with Crippen LogP contribution in [0, 0.1) is 11.6 Å². The molecule has 0 bridgehead atoms. The highest BCUT2D eigenvalue weighted by atomic mass is 19.2. The highest BCUT2D eigenvalue weighted by molar-refractivity contribution is 6.08. The van der Waals surface area contributed by atoms with Gasteiger partial charge in [-0.1, -0.05) is 6.07 Å². The molecule has 0 saturated carbocycles. The van der Waals surface area contributed by atoms with Crippen molar-refractivity contribution in [2.45, 2.75) is 38.8 Å². The summed E-state index contributed by atoms with van der Waals surface area (Å²) >= 11 is 0. The molecule has 0 spiro atoms. The van der Waals surface area contributed by atoms with E-state index in [1.54, 1.807) is 20.8 Å². The van der Waals surface area contributed by atoms with Crippen LogP contribution in [0.5, 0.6) is 0 Å². The fourth-order valence-electron chi connectivity index (χ4n) is 2.35. The highest BCUT2D eigenvalue weighted by Crippen LogP contribution is 2.29. The Balaban J connectivity index is 2.24. The molecule has 8 heteroatoms. The Kier molecular flexibility index (Phi) is 4.34. The van der Waals surface area contributed by atoms with E-state index < -0.39 is 47.2 Å². The van der Waals surface area contributed by atoms with Gasteiger partial charge in [0.1, 0.15) is 17.7 Å². The molecule has 1 aliphatic rings. The second-order valence-electron chi connectivity index (χ2n) is 6.66. The maximum atomic E-state index is 13.4. The number of carbonyl (C=O) groups excluding carboxylic acids is 3. The molecule has 1 aliphatic heterocycles. The van der Waals surface area contributed by atoms with E-state index in [4.69, 9.17) is 4.74 Å². The predicted molar refractivity (Wildman–Crippen MR) is 79.8 cm³/mol. The lowest BCUT2D eigenvalue weighted by Crippen LogP contribution is -2.42. The molecule has 6 nitrogen and oxygen atoms in total. The number of esters is 1. The first kappa shape index (κ1) is 17.8. The number of urea groups is 1. The molecule has 1 atom stereocenters. The number of halogens is 2. The Morgan fingerprint density at radius 1 is 1.25 bits per heavy atom. The van der Waals surface area contributed by atoms with Crippen LogP contribution in [0.4, 0.5) is 13.6 Å². The fourth-order valence-corrected chi connectivity index (χ4v) is 2.35. The van der Waals surface area contributed by atoms with Gasteiger partial charge in [-0.05, 0) is 45.4 Å². The van der Waals surface area contributed by atoms with Crippen molar-refractivity contribution in [3.8, 4) is 0 Å². The Morgan fingerprint density at radius 3 is 2.42 bits per heavy atom. The summed E-state index contributed by atoms with van der Waals surface area (Å²) in [4.78, 5) is 37.1. The molecule has 0 aliphatic carbocycles. The van der Waals surface area contributed by atoms with Gasteiger partial charge in [0.15, 0.2) is 11.6 Å². The Morgan fingerprint density at radius 2 is 1.88 bits per heavy atom. The zero-order valence-corrected chi connectivity index (χ0v) is 13.8. The van der Waals surface area contributed by atoms with Gasteiger partial charge >= 0.3 is 12.0 Å². The van der Waals surface area contributed by atoms with Gasteiger partial charge in [-0.3, -0.25) is 14.5 Å². The van der Waals surface area contributed by atoms with Crippen molar-refractivity contribution in [1.82, 2.24) is 10.2 Å². The van der Waals surface area contributed by atoms with Crippen molar-refractivity contribution >= 4 is 17.9 Å². The SMILES string of the molecule is CC(C)(C)OC(=O)CN1C(=O)NC(C)(c2ccc(F)c(F)c2)C1=O. The van der Waals surface area contributed by atoms with Crippen molar-refractivity contribution in [3.63, 3.8) is 0 Å². The lowest BCUT2D eigenvalue weighted by atomic mass is 9.92.